The summed E-state index contributed by atoms with van der Waals surface area (Å²) in [5, 5.41) is 17.6. The number of nitrogens with two attached hydrogens (primary N) is 1. The molecule has 0 bridgehead atoms. The number of carboxylic acids is 1. The standard InChI is InChI=1S/C8H15NO3/c1-5(3-6(2)10)7(4-9)8(11)12/h6,10H,3-4,9H2,1-2H3,(H,11,12). The molecule has 70 valence electrons. The van der Waals surface area contributed by atoms with Gasteiger partial charge in [0.2, 0.25) is 0 Å². The molecule has 1 atom stereocenters. The van der Waals surface area contributed by atoms with Crippen molar-refractivity contribution in [3.8, 4) is 0 Å². The van der Waals surface area contributed by atoms with E-state index in [0.29, 0.717) is 12.0 Å². The molecule has 0 aliphatic rings. The van der Waals surface area contributed by atoms with Gasteiger partial charge in [0.15, 0.2) is 0 Å². The fourth-order valence-corrected chi connectivity index (χ4v) is 1.01. The van der Waals surface area contributed by atoms with Crippen LogP contribution in [-0.4, -0.2) is 28.8 Å². The van der Waals surface area contributed by atoms with E-state index in [0.717, 1.165) is 0 Å². The zero-order valence-electron chi connectivity index (χ0n) is 7.37. The van der Waals surface area contributed by atoms with Crippen molar-refractivity contribution in [3.63, 3.8) is 0 Å². The van der Waals surface area contributed by atoms with Crippen LogP contribution in [0.3, 0.4) is 0 Å². The molecule has 4 N–H and O–H groups in total. The molecule has 4 heteroatoms. The van der Waals surface area contributed by atoms with Gasteiger partial charge in [0.1, 0.15) is 0 Å². The summed E-state index contributed by atoms with van der Waals surface area (Å²) in [4.78, 5) is 10.5. The predicted molar refractivity (Wildman–Crippen MR) is 45.7 cm³/mol. The van der Waals surface area contributed by atoms with Crippen molar-refractivity contribution in [1.82, 2.24) is 0 Å². The first-order chi connectivity index (χ1) is 5.49. The third-order valence-electron chi connectivity index (χ3n) is 1.58. The lowest BCUT2D eigenvalue weighted by atomic mass is 10.0. The van der Waals surface area contributed by atoms with Gasteiger partial charge in [-0.15, -0.1) is 0 Å². The molecular formula is C8H15NO3. The third-order valence-corrected chi connectivity index (χ3v) is 1.58. The highest BCUT2D eigenvalue weighted by Crippen LogP contribution is 2.09. The first kappa shape index (κ1) is 11.1. The molecule has 12 heavy (non-hydrogen) atoms. The highest BCUT2D eigenvalue weighted by molar-refractivity contribution is 5.87. The minimum atomic E-state index is -1.00. The van der Waals surface area contributed by atoms with Crippen molar-refractivity contribution < 1.29 is 15.0 Å². The summed E-state index contributed by atoms with van der Waals surface area (Å²) < 4.78 is 0. The molecule has 0 saturated carbocycles. The molecule has 0 radical (unpaired) electrons. The molecule has 0 aromatic carbocycles. The molecule has 0 aliphatic carbocycles. The van der Waals surface area contributed by atoms with Gasteiger partial charge in [0, 0.05) is 12.1 Å². The summed E-state index contributed by atoms with van der Waals surface area (Å²) in [6.45, 7) is 3.29. The average molecular weight is 173 g/mol. The molecule has 0 aromatic heterocycles. The van der Waals surface area contributed by atoms with E-state index < -0.39 is 12.1 Å². The lowest BCUT2D eigenvalue weighted by Crippen LogP contribution is -2.15. The highest BCUT2D eigenvalue weighted by Gasteiger charge is 2.10. The first-order valence-corrected chi connectivity index (χ1v) is 3.79. The lowest BCUT2D eigenvalue weighted by Gasteiger charge is -2.07. The SMILES string of the molecule is CC(CC(C)O)=C(CN)C(=O)O. The maximum absolute atomic E-state index is 10.5. The molecular weight excluding hydrogens is 158 g/mol. The zero-order chi connectivity index (χ0) is 9.72. The van der Waals surface area contributed by atoms with E-state index in [9.17, 15) is 4.79 Å². The van der Waals surface area contributed by atoms with Crippen LogP contribution in [0.15, 0.2) is 11.1 Å². The van der Waals surface area contributed by atoms with E-state index in [-0.39, 0.29) is 12.1 Å². The molecule has 0 spiro atoms. The van der Waals surface area contributed by atoms with Crippen molar-refractivity contribution >= 4 is 5.97 Å². The molecule has 0 amide bonds. The molecule has 0 heterocycles. The second-order valence-corrected chi connectivity index (χ2v) is 2.82. The minimum absolute atomic E-state index is 0.00782. The Balaban J connectivity index is 4.49. The Labute approximate surface area is 71.7 Å². The van der Waals surface area contributed by atoms with Crippen LogP contribution in [0.5, 0.6) is 0 Å². The summed E-state index contributed by atoms with van der Waals surface area (Å²) in [7, 11) is 0. The fraction of sp³-hybridized carbons (Fsp3) is 0.625. The Morgan fingerprint density at radius 1 is 1.58 bits per heavy atom. The van der Waals surface area contributed by atoms with Crippen LogP contribution >= 0.6 is 0 Å². The van der Waals surface area contributed by atoms with Crippen LogP contribution in [0.2, 0.25) is 0 Å². The summed E-state index contributed by atoms with van der Waals surface area (Å²) >= 11 is 0. The number of carboxylic acid groups (broad SMARTS) is 1. The molecule has 0 aliphatic heterocycles. The number of aliphatic carboxylic acids is 1. The Bertz CT molecular complexity index is 196. The summed E-state index contributed by atoms with van der Waals surface area (Å²) in [6, 6.07) is 0. The zero-order valence-corrected chi connectivity index (χ0v) is 7.37. The van der Waals surface area contributed by atoms with Crippen LogP contribution in [0.25, 0.3) is 0 Å². The first-order valence-electron chi connectivity index (χ1n) is 3.79. The second kappa shape index (κ2) is 4.90. The maximum atomic E-state index is 10.5. The predicted octanol–water partition coefficient (Wildman–Crippen LogP) is 0.117. The van der Waals surface area contributed by atoms with E-state index in [1.807, 2.05) is 0 Å². The molecule has 4 nitrogen and oxygen atoms in total. The van der Waals surface area contributed by atoms with Crippen molar-refractivity contribution in [2.45, 2.75) is 26.4 Å². The molecule has 0 saturated heterocycles. The van der Waals surface area contributed by atoms with Gasteiger partial charge in [-0.2, -0.15) is 0 Å². The van der Waals surface area contributed by atoms with E-state index in [4.69, 9.17) is 15.9 Å². The number of aliphatic hydroxyl groups excluding tert-OH is 1. The van der Waals surface area contributed by atoms with Crippen molar-refractivity contribution in [3.05, 3.63) is 11.1 Å². The average Bonchev–Trinajstić information content (AvgIpc) is 1.85. The number of carbonyl (C=O) groups is 1. The number of hydrogen-bond acceptors (Lipinski definition) is 3. The monoisotopic (exact) mass is 173 g/mol. The highest BCUT2D eigenvalue weighted by atomic mass is 16.4. The summed E-state index contributed by atoms with van der Waals surface area (Å²) in [5.41, 5.74) is 6.06. The minimum Gasteiger partial charge on any atom is -0.478 e. The number of hydrogen-bond donors (Lipinski definition) is 3. The Hall–Kier alpha value is -0.870. The normalized spacial score (nSPS) is 15.3. The third kappa shape index (κ3) is 3.50. The summed E-state index contributed by atoms with van der Waals surface area (Å²) in [6.07, 6.45) is -0.162. The molecule has 1 unspecified atom stereocenters. The van der Waals surface area contributed by atoms with Gasteiger partial charge in [-0.1, -0.05) is 5.57 Å². The fourth-order valence-electron chi connectivity index (χ4n) is 1.01. The van der Waals surface area contributed by atoms with Crippen LogP contribution in [0, 0.1) is 0 Å². The Morgan fingerprint density at radius 2 is 2.08 bits per heavy atom. The van der Waals surface area contributed by atoms with Gasteiger partial charge in [0.05, 0.1) is 6.10 Å². The Morgan fingerprint density at radius 3 is 2.33 bits per heavy atom. The Kier molecular flexibility index (Phi) is 4.54. The van der Waals surface area contributed by atoms with E-state index >= 15 is 0 Å². The summed E-state index contributed by atoms with van der Waals surface area (Å²) in [5.74, 6) is -1.00. The largest absolute Gasteiger partial charge is 0.478 e. The van der Waals surface area contributed by atoms with Crippen molar-refractivity contribution in [2.24, 2.45) is 5.73 Å². The van der Waals surface area contributed by atoms with Gasteiger partial charge in [-0.3, -0.25) is 0 Å². The second-order valence-electron chi connectivity index (χ2n) is 2.82. The van der Waals surface area contributed by atoms with Crippen LogP contribution in [0.1, 0.15) is 20.3 Å². The van der Waals surface area contributed by atoms with Crippen LogP contribution < -0.4 is 5.73 Å². The van der Waals surface area contributed by atoms with Crippen molar-refractivity contribution in [1.29, 1.82) is 0 Å². The quantitative estimate of drug-likeness (QED) is 0.527. The number of rotatable bonds is 4. The lowest BCUT2D eigenvalue weighted by molar-refractivity contribution is -0.132. The van der Waals surface area contributed by atoms with Gasteiger partial charge >= 0.3 is 5.97 Å². The van der Waals surface area contributed by atoms with Gasteiger partial charge in [-0.05, 0) is 20.3 Å². The molecule has 0 fully saturated rings. The van der Waals surface area contributed by atoms with E-state index in [1.54, 1.807) is 13.8 Å². The molecule has 0 rings (SSSR count). The van der Waals surface area contributed by atoms with Gasteiger partial charge in [-0.25, -0.2) is 4.79 Å². The van der Waals surface area contributed by atoms with Crippen LogP contribution in [-0.2, 0) is 4.79 Å². The maximum Gasteiger partial charge on any atom is 0.332 e. The molecule has 0 aromatic rings. The smallest absolute Gasteiger partial charge is 0.332 e. The van der Waals surface area contributed by atoms with Crippen LogP contribution in [0.4, 0.5) is 0 Å². The van der Waals surface area contributed by atoms with E-state index in [2.05, 4.69) is 0 Å². The van der Waals surface area contributed by atoms with Gasteiger partial charge < -0.3 is 15.9 Å². The van der Waals surface area contributed by atoms with Crippen molar-refractivity contribution in [2.75, 3.05) is 6.54 Å². The van der Waals surface area contributed by atoms with E-state index in [1.165, 1.54) is 0 Å². The number of aliphatic hydroxyl groups is 1. The van der Waals surface area contributed by atoms with Gasteiger partial charge in [0.25, 0.3) is 0 Å². The topological polar surface area (TPSA) is 83.5 Å².